The van der Waals surface area contributed by atoms with E-state index in [1.807, 2.05) is 30.3 Å². The third-order valence-electron chi connectivity index (χ3n) is 2.03. The maximum absolute atomic E-state index is 10.7. The van der Waals surface area contributed by atoms with Crippen LogP contribution in [0, 0.1) is 0 Å². The quantitative estimate of drug-likeness (QED) is 0.829. The molecule has 0 aliphatic carbocycles. The molecule has 0 fully saturated rings. The molecule has 0 atom stereocenters. The lowest BCUT2D eigenvalue weighted by Gasteiger charge is -2.04. The van der Waals surface area contributed by atoms with Gasteiger partial charge in [-0.05, 0) is 36.4 Å². The number of ether oxygens (including phenoxy) is 1. The molecule has 2 rings (SSSR count). The van der Waals surface area contributed by atoms with Gasteiger partial charge in [-0.25, -0.2) is 8.42 Å². The van der Waals surface area contributed by atoms with Gasteiger partial charge in [0.05, 0.1) is 4.90 Å². The van der Waals surface area contributed by atoms with Crippen LogP contribution in [0.2, 0.25) is 0 Å². The summed E-state index contributed by atoms with van der Waals surface area (Å²) in [6.45, 7) is 0. The van der Waals surface area contributed by atoms with E-state index in [1.165, 1.54) is 12.1 Å². The number of hydrogen-bond donors (Lipinski definition) is 1. The molecule has 0 saturated heterocycles. The van der Waals surface area contributed by atoms with Gasteiger partial charge in [-0.15, -0.1) is 0 Å². The van der Waals surface area contributed by atoms with Gasteiger partial charge in [0.15, 0.2) is 10.7 Å². The Morgan fingerprint density at radius 2 is 1.31 bits per heavy atom. The highest BCUT2D eigenvalue weighted by Crippen LogP contribution is 2.21. The highest BCUT2D eigenvalue weighted by atomic mass is 32.2. The van der Waals surface area contributed by atoms with Crippen LogP contribution in [-0.4, -0.2) is 8.42 Å². The van der Waals surface area contributed by atoms with Crippen LogP contribution in [0.1, 0.15) is 0 Å². The minimum Gasteiger partial charge on any atom is -0.457 e. The number of thiol groups is 1. The van der Waals surface area contributed by atoms with Crippen molar-refractivity contribution < 1.29 is 13.2 Å². The van der Waals surface area contributed by atoms with Crippen LogP contribution in [0.25, 0.3) is 0 Å². The number of hydrogen-bond acceptors (Lipinski definition) is 3. The van der Waals surface area contributed by atoms with Crippen molar-refractivity contribution in [3.63, 3.8) is 0 Å². The van der Waals surface area contributed by atoms with Crippen LogP contribution in [0.15, 0.2) is 59.5 Å². The number of benzene rings is 2. The molecule has 2 aromatic carbocycles. The van der Waals surface area contributed by atoms with Crippen molar-refractivity contribution in [3.05, 3.63) is 54.6 Å². The van der Waals surface area contributed by atoms with E-state index < -0.39 is 10.7 Å². The first-order valence-electron chi connectivity index (χ1n) is 4.73. The van der Waals surface area contributed by atoms with Crippen molar-refractivity contribution in [2.24, 2.45) is 0 Å². The standard InChI is InChI=1S/C12H10O3S/c13-16(14)12-8-6-11(7-9-12)15-10-4-2-1-3-5-10/h1-9,16H. The Hall–Kier alpha value is -1.81. The van der Waals surface area contributed by atoms with Crippen molar-refractivity contribution in [3.8, 4) is 11.5 Å². The van der Waals surface area contributed by atoms with E-state index in [4.69, 9.17) is 4.74 Å². The number of rotatable bonds is 3. The van der Waals surface area contributed by atoms with E-state index in [2.05, 4.69) is 0 Å². The van der Waals surface area contributed by atoms with E-state index in [0.717, 1.165) is 5.75 Å². The molecule has 0 aromatic heterocycles. The molecule has 82 valence electrons. The van der Waals surface area contributed by atoms with Crippen LogP contribution < -0.4 is 4.74 Å². The third-order valence-corrected chi connectivity index (χ3v) is 2.75. The molecule has 0 heterocycles. The molecule has 2 aromatic rings. The third kappa shape index (κ3) is 2.61. The van der Waals surface area contributed by atoms with Crippen molar-refractivity contribution in [1.82, 2.24) is 0 Å². The molecule has 0 unspecified atom stereocenters. The van der Waals surface area contributed by atoms with E-state index in [1.54, 1.807) is 12.1 Å². The molecule has 0 aliphatic rings. The second kappa shape index (κ2) is 4.81. The van der Waals surface area contributed by atoms with Gasteiger partial charge < -0.3 is 4.74 Å². The van der Waals surface area contributed by atoms with Crippen LogP contribution in [-0.2, 0) is 10.7 Å². The predicted molar refractivity (Wildman–Crippen MR) is 61.5 cm³/mol. The van der Waals surface area contributed by atoms with Crippen molar-refractivity contribution >= 4 is 10.7 Å². The summed E-state index contributed by atoms with van der Waals surface area (Å²) in [7, 11) is -2.52. The zero-order chi connectivity index (χ0) is 11.4. The van der Waals surface area contributed by atoms with Crippen LogP contribution in [0.4, 0.5) is 0 Å². The van der Waals surface area contributed by atoms with E-state index in [0.29, 0.717) is 5.75 Å². The van der Waals surface area contributed by atoms with Gasteiger partial charge >= 0.3 is 0 Å². The molecule has 0 saturated carbocycles. The predicted octanol–water partition coefficient (Wildman–Crippen LogP) is 2.45. The molecule has 0 bridgehead atoms. The fourth-order valence-electron chi connectivity index (χ4n) is 1.26. The molecule has 4 heteroatoms. The second-order valence-corrected chi connectivity index (χ2v) is 4.20. The molecule has 0 spiro atoms. The SMILES string of the molecule is O=[SH](=O)c1ccc(Oc2ccccc2)cc1. The maximum atomic E-state index is 10.7. The normalized spacial score (nSPS) is 10.3. The summed E-state index contributed by atoms with van der Waals surface area (Å²) >= 11 is 0. The monoisotopic (exact) mass is 234 g/mol. The molecule has 3 nitrogen and oxygen atoms in total. The van der Waals surface area contributed by atoms with Gasteiger partial charge in [0, 0.05) is 0 Å². The Morgan fingerprint density at radius 1 is 0.750 bits per heavy atom. The minimum absolute atomic E-state index is 0.287. The fourth-order valence-corrected chi connectivity index (χ4v) is 1.65. The van der Waals surface area contributed by atoms with Crippen molar-refractivity contribution in [2.45, 2.75) is 4.90 Å². The summed E-state index contributed by atoms with van der Waals surface area (Å²) in [4.78, 5) is 0.287. The van der Waals surface area contributed by atoms with Gasteiger partial charge in [-0.1, -0.05) is 18.2 Å². The zero-order valence-corrected chi connectivity index (χ0v) is 9.26. The summed E-state index contributed by atoms with van der Waals surface area (Å²) in [6.07, 6.45) is 0. The molecule has 16 heavy (non-hydrogen) atoms. The molecule has 0 amide bonds. The highest BCUT2D eigenvalue weighted by molar-refractivity contribution is 7.72. The van der Waals surface area contributed by atoms with Gasteiger partial charge in [0.1, 0.15) is 11.5 Å². The van der Waals surface area contributed by atoms with E-state index >= 15 is 0 Å². The second-order valence-electron chi connectivity index (χ2n) is 3.17. The van der Waals surface area contributed by atoms with Crippen molar-refractivity contribution in [2.75, 3.05) is 0 Å². The Bertz CT molecular complexity index is 522. The molecule has 0 aliphatic heterocycles. The van der Waals surface area contributed by atoms with Gasteiger partial charge in [0.25, 0.3) is 0 Å². The summed E-state index contributed by atoms with van der Waals surface area (Å²) in [5.41, 5.74) is 0. The summed E-state index contributed by atoms with van der Waals surface area (Å²) in [5, 5.41) is 0. The Morgan fingerprint density at radius 3 is 1.88 bits per heavy atom. The molecular formula is C12H10O3S. The Labute approximate surface area is 95.3 Å². The zero-order valence-electron chi connectivity index (χ0n) is 8.37. The Kier molecular flexibility index (Phi) is 3.22. The lowest BCUT2D eigenvalue weighted by Crippen LogP contribution is -1.84. The van der Waals surface area contributed by atoms with Crippen LogP contribution in [0.5, 0.6) is 11.5 Å². The van der Waals surface area contributed by atoms with E-state index in [9.17, 15) is 8.42 Å². The summed E-state index contributed by atoms with van der Waals surface area (Å²) in [5.74, 6) is 1.34. The number of para-hydroxylation sites is 1. The summed E-state index contributed by atoms with van der Waals surface area (Å²) < 4.78 is 26.8. The summed E-state index contributed by atoms with van der Waals surface area (Å²) in [6, 6.07) is 15.6. The molecule has 0 N–H and O–H groups in total. The lowest BCUT2D eigenvalue weighted by atomic mass is 10.3. The maximum Gasteiger partial charge on any atom is 0.168 e. The molecular weight excluding hydrogens is 224 g/mol. The largest absolute Gasteiger partial charge is 0.457 e. The van der Waals surface area contributed by atoms with E-state index in [-0.39, 0.29) is 4.90 Å². The highest BCUT2D eigenvalue weighted by Gasteiger charge is 1.98. The van der Waals surface area contributed by atoms with Gasteiger partial charge in [-0.2, -0.15) is 0 Å². The minimum atomic E-state index is -2.52. The van der Waals surface area contributed by atoms with Gasteiger partial charge in [0.2, 0.25) is 0 Å². The van der Waals surface area contributed by atoms with Crippen LogP contribution >= 0.6 is 0 Å². The first-order valence-corrected chi connectivity index (χ1v) is 5.91. The lowest BCUT2D eigenvalue weighted by molar-refractivity contribution is 0.482. The Balaban J connectivity index is 2.17. The molecule has 0 radical (unpaired) electrons. The first-order chi connectivity index (χ1) is 7.75. The average Bonchev–Trinajstić information content (AvgIpc) is 2.31. The van der Waals surface area contributed by atoms with Crippen LogP contribution in [0.3, 0.4) is 0 Å². The topological polar surface area (TPSA) is 43.4 Å². The van der Waals surface area contributed by atoms with Crippen molar-refractivity contribution in [1.29, 1.82) is 0 Å². The smallest absolute Gasteiger partial charge is 0.168 e. The average molecular weight is 234 g/mol. The van der Waals surface area contributed by atoms with Gasteiger partial charge in [-0.3, -0.25) is 0 Å². The first kappa shape index (κ1) is 10.7. The fraction of sp³-hybridized carbons (Fsp3) is 0.